The molecule has 8 nitrogen and oxygen atoms in total. The van der Waals surface area contributed by atoms with Gasteiger partial charge in [-0.15, -0.1) is 0 Å². The van der Waals surface area contributed by atoms with Crippen LogP contribution in [0.15, 0.2) is 53.8 Å². The molecule has 0 saturated carbocycles. The predicted octanol–water partition coefficient (Wildman–Crippen LogP) is 4.16. The lowest BCUT2D eigenvalue weighted by Gasteiger charge is -2.34. The molecule has 0 radical (unpaired) electrons. The number of hydrogen-bond acceptors (Lipinski definition) is 6. The average Bonchev–Trinajstić information content (AvgIpc) is 2.78. The quantitative estimate of drug-likeness (QED) is 0.251. The van der Waals surface area contributed by atoms with Gasteiger partial charge in [-0.25, -0.2) is 14.8 Å². The number of nitrogens with one attached hydrogen (secondary N) is 2. The number of amides is 1. The zero-order valence-electron chi connectivity index (χ0n) is 16.8. The number of anilines is 2. The Bertz CT molecular complexity index is 1100. The van der Waals surface area contributed by atoms with Gasteiger partial charge in [-0.1, -0.05) is 18.2 Å². The molecule has 1 aromatic carbocycles. The van der Waals surface area contributed by atoms with Gasteiger partial charge in [0.25, 0.3) is 0 Å². The smallest absolute Gasteiger partial charge is 0.404 e. The van der Waals surface area contributed by atoms with Crippen LogP contribution in [0.4, 0.5) is 16.3 Å². The number of halogens is 1. The van der Waals surface area contributed by atoms with E-state index in [0.29, 0.717) is 18.3 Å². The molecular weight excluding hydrogens is 507 g/mol. The first-order chi connectivity index (χ1) is 15.1. The molecule has 4 rings (SSSR count). The van der Waals surface area contributed by atoms with Crippen molar-refractivity contribution < 1.29 is 9.90 Å². The number of carbonyl (C=O) groups is 1. The Hall–Kier alpha value is -2.95. The molecule has 0 aliphatic carbocycles. The first kappa shape index (κ1) is 21.3. The number of nitrogens with zero attached hydrogens (tertiary/aromatic N) is 4. The van der Waals surface area contributed by atoms with Gasteiger partial charge in [0.15, 0.2) is 0 Å². The molecule has 0 spiro atoms. The fourth-order valence-corrected chi connectivity index (χ4v) is 4.17. The number of piperidine rings is 1. The maximum absolute atomic E-state index is 10.7. The second-order valence-electron chi connectivity index (χ2n) is 7.43. The zero-order chi connectivity index (χ0) is 21.6. The Kier molecular flexibility index (Phi) is 6.80. The first-order valence-corrected chi connectivity index (χ1v) is 11.2. The average molecular weight is 530 g/mol. The Balaban J connectivity index is 1.47. The monoisotopic (exact) mass is 530 g/mol. The highest BCUT2D eigenvalue weighted by molar-refractivity contribution is 14.1. The molecule has 1 amide bonds. The largest absolute Gasteiger partial charge is 0.465 e. The van der Waals surface area contributed by atoms with Crippen LogP contribution in [0.1, 0.15) is 18.5 Å². The third-order valence-electron chi connectivity index (χ3n) is 5.32. The SMILES string of the molecule is O=C(O)NCC1CCN(c2cccc3ccc(/C=N/Nc4cc(I)ccn4)nc23)CC1. The van der Waals surface area contributed by atoms with E-state index in [1.165, 1.54) is 0 Å². The molecule has 160 valence electrons. The van der Waals surface area contributed by atoms with E-state index < -0.39 is 6.09 Å². The first-order valence-electron chi connectivity index (χ1n) is 10.1. The summed E-state index contributed by atoms with van der Waals surface area (Å²) in [6, 6.07) is 14.1. The molecule has 3 heterocycles. The summed E-state index contributed by atoms with van der Waals surface area (Å²) in [6.45, 7) is 2.27. The van der Waals surface area contributed by atoms with E-state index in [2.05, 4.69) is 72.6 Å². The molecule has 0 unspecified atom stereocenters. The van der Waals surface area contributed by atoms with Crippen LogP contribution < -0.4 is 15.6 Å². The maximum atomic E-state index is 10.7. The molecule has 3 aromatic rings. The summed E-state index contributed by atoms with van der Waals surface area (Å²) in [4.78, 5) is 22.1. The lowest BCUT2D eigenvalue weighted by Crippen LogP contribution is -2.38. The minimum absolute atomic E-state index is 0.374. The van der Waals surface area contributed by atoms with Crippen LogP contribution in [-0.4, -0.2) is 47.0 Å². The van der Waals surface area contributed by atoms with Crippen LogP contribution >= 0.6 is 22.6 Å². The number of hydrazone groups is 1. The van der Waals surface area contributed by atoms with Crippen molar-refractivity contribution in [2.24, 2.45) is 11.0 Å². The van der Waals surface area contributed by atoms with E-state index in [0.717, 1.165) is 51.8 Å². The third kappa shape index (κ3) is 5.60. The van der Waals surface area contributed by atoms with E-state index in [4.69, 9.17) is 10.1 Å². The highest BCUT2D eigenvalue weighted by Crippen LogP contribution is 2.29. The minimum Gasteiger partial charge on any atom is -0.465 e. The van der Waals surface area contributed by atoms with Crippen molar-refractivity contribution in [3.8, 4) is 0 Å². The highest BCUT2D eigenvalue weighted by Gasteiger charge is 2.21. The lowest BCUT2D eigenvalue weighted by molar-refractivity contribution is 0.191. The van der Waals surface area contributed by atoms with E-state index in [-0.39, 0.29) is 0 Å². The van der Waals surface area contributed by atoms with Gasteiger partial charge in [0, 0.05) is 34.8 Å². The van der Waals surface area contributed by atoms with Gasteiger partial charge in [-0.3, -0.25) is 5.43 Å². The van der Waals surface area contributed by atoms with Crippen LogP contribution in [0.2, 0.25) is 0 Å². The summed E-state index contributed by atoms with van der Waals surface area (Å²) >= 11 is 2.23. The van der Waals surface area contributed by atoms with E-state index in [1.807, 2.05) is 18.2 Å². The molecule has 1 saturated heterocycles. The third-order valence-corrected chi connectivity index (χ3v) is 5.99. The molecular formula is C22H23IN6O2. The number of pyridine rings is 2. The molecule has 3 N–H and O–H groups in total. The second-order valence-corrected chi connectivity index (χ2v) is 8.68. The number of fused-ring (bicyclic) bond motifs is 1. The summed E-state index contributed by atoms with van der Waals surface area (Å²) in [6.07, 6.45) is 4.37. The molecule has 31 heavy (non-hydrogen) atoms. The van der Waals surface area contributed by atoms with Crippen molar-refractivity contribution in [1.29, 1.82) is 0 Å². The Morgan fingerprint density at radius 2 is 2.10 bits per heavy atom. The number of rotatable bonds is 6. The lowest BCUT2D eigenvalue weighted by atomic mass is 9.96. The van der Waals surface area contributed by atoms with Crippen LogP contribution in [0.5, 0.6) is 0 Å². The molecule has 1 aliphatic rings. The second kappa shape index (κ2) is 9.90. The number of hydrogen-bond donors (Lipinski definition) is 3. The minimum atomic E-state index is -0.956. The Morgan fingerprint density at radius 1 is 1.26 bits per heavy atom. The molecule has 9 heteroatoms. The molecule has 0 bridgehead atoms. The van der Waals surface area contributed by atoms with Crippen molar-refractivity contribution in [2.45, 2.75) is 12.8 Å². The summed E-state index contributed by atoms with van der Waals surface area (Å²) in [5, 5.41) is 16.7. The number of carboxylic acid groups (broad SMARTS) is 1. The highest BCUT2D eigenvalue weighted by atomic mass is 127. The van der Waals surface area contributed by atoms with Gasteiger partial charge < -0.3 is 15.3 Å². The summed E-state index contributed by atoms with van der Waals surface area (Å²) in [5.74, 6) is 1.06. The summed E-state index contributed by atoms with van der Waals surface area (Å²) in [5.41, 5.74) is 5.75. The Labute approximate surface area is 193 Å². The van der Waals surface area contributed by atoms with Crippen molar-refractivity contribution in [3.63, 3.8) is 0 Å². The standard InChI is InChI=1S/C22H23IN6O2/c23-17-6-9-24-20(12-17)28-26-14-18-5-4-16-2-1-3-19(21(16)27-18)29-10-7-15(8-11-29)13-25-22(30)31/h1-6,9,12,14-15,25H,7-8,10-11,13H2,(H,24,28)(H,30,31)/b26-14+. The van der Waals surface area contributed by atoms with E-state index in [1.54, 1.807) is 12.4 Å². The molecule has 2 aromatic heterocycles. The number of aromatic nitrogens is 2. The number of benzene rings is 1. The fraction of sp³-hybridized carbons (Fsp3) is 0.273. The van der Waals surface area contributed by atoms with Crippen LogP contribution in [-0.2, 0) is 0 Å². The van der Waals surface area contributed by atoms with Gasteiger partial charge in [0.1, 0.15) is 5.82 Å². The summed E-state index contributed by atoms with van der Waals surface area (Å²) < 4.78 is 1.08. The van der Waals surface area contributed by atoms with Crippen LogP contribution in [0, 0.1) is 9.49 Å². The summed E-state index contributed by atoms with van der Waals surface area (Å²) in [7, 11) is 0. The molecule has 0 atom stereocenters. The van der Waals surface area contributed by atoms with Gasteiger partial charge in [0.2, 0.25) is 0 Å². The number of para-hydroxylation sites is 1. The zero-order valence-corrected chi connectivity index (χ0v) is 19.0. The van der Waals surface area contributed by atoms with Crippen molar-refractivity contribution >= 4 is 57.3 Å². The molecule has 1 aliphatic heterocycles. The predicted molar refractivity (Wildman–Crippen MR) is 131 cm³/mol. The van der Waals surface area contributed by atoms with Gasteiger partial charge in [-0.05, 0) is 65.6 Å². The van der Waals surface area contributed by atoms with E-state index in [9.17, 15) is 4.79 Å². The molecule has 1 fully saturated rings. The van der Waals surface area contributed by atoms with Crippen LogP contribution in [0.25, 0.3) is 10.9 Å². The van der Waals surface area contributed by atoms with Crippen molar-refractivity contribution in [2.75, 3.05) is 30.0 Å². The van der Waals surface area contributed by atoms with Crippen molar-refractivity contribution in [3.05, 3.63) is 57.9 Å². The topological polar surface area (TPSA) is 103 Å². The Morgan fingerprint density at radius 3 is 2.87 bits per heavy atom. The van der Waals surface area contributed by atoms with Gasteiger partial charge in [-0.2, -0.15) is 5.10 Å². The van der Waals surface area contributed by atoms with Crippen molar-refractivity contribution in [1.82, 2.24) is 15.3 Å². The van der Waals surface area contributed by atoms with E-state index >= 15 is 0 Å². The maximum Gasteiger partial charge on any atom is 0.404 e. The van der Waals surface area contributed by atoms with Gasteiger partial charge in [0.05, 0.1) is 23.1 Å². The van der Waals surface area contributed by atoms with Crippen LogP contribution in [0.3, 0.4) is 0 Å². The normalized spacial score (nSPS) is 14.8. The fourth-order valence-electron chi connectivity index (χ4n) is 3.71. The van der Waals surface area contributed by atoms with Gasteiger partial charge >= 0.3 is 6.09 Å².